The van der Waals surface area contributed by atoms with Crippen LogP contribution in [-0.2, 0) is 17.8 Å². The van der Waals surface area contributed by atoms with E-state index in [9.17, 15) is 4.79 Å². The molecule has 27 heavy (non-hydrogen) atoms. The molecule has 1 aromatic carbocycles. The van der Waals surface area contributed by atoms with E-state index in [1.54, 1.807) is 0 Å². The zero-order valence-corrected chi connectivity index (χ0v) is 16.2. The van der Waals surface area contributed by atoms with Crippen molar-refractivity contribution in [2.75, 3.05) is 6.54 Å². The number of likely N-dealkylation sites (tertiary alicyclic amines) is 1. The van der Waals surface area contributed by atoms with Crippen LogP contribution in [0, 0.1) is 13.8 Å². The van der Waals surface area contributed by atoms with Gasteiger partial charge in [-0.25, -0.2) is 4.98 Å². The van der Waals surface area contributed by atoms with Crippen molar-refractivity contribution in [3.8, 4) is 0 Å². The largest absolute Gasteiger partial charge is 0.358 e. The highest BCUT2D eigenvalue weighted by Crippen LogP contribution is 2.26. The Morgan fingerprint density at radius 3 is 2.93 bits per heavy atom. The normalized spacial score (nSPS) is 17.6. The summed E-state index contributed by atoms with van der Waals surface area (Å²) in [5.41, 5.74) is 3.36. The first kappa shape index (κ1) is 17.8. The molecule has 4 rings (SSSR count). The van der Waals surface area contributed by atoms with Crippen molar-refractivity contribution < 1.29 is 4.79 Å². The first-order valence-corrected chi connectivity index (χ1v) is 9.97. The molecule has 0 bridgehead atoms. The summed E-state index contributed by atoms with van der Waals surface area (Å²) in [5, 5.41) is 1.17. The lowest BCUT2D eigenvalue weighted by Crippen LogP contribution is -2.45. The predicted molar refractivity (Wildman–Crippen MR) is 108 cm³/mol. The Hall–Kier alpha value is -2.56. The van der Waals surface area contributed by atoms with Crippen molar-refractivity contribution in [1.29, 1.82) is 0 Å². The number of rotatable bonds is 5. The highest BCUT2D eigenvalue weighted by Gasteiger charge is 2.27. The first-order chi connectivity index (χ1) is 13.1. The van der Waals surface area contributed by atoms with E-state index in [-0.39, 0.29) is 5.91 Å². The van der Waals surface area contributed by atoms with Gasteiger partial charge in [-0.15, -0.1) is 0 Å². The van der Waals surface area contributed by atoms with Crippen LogP contribution < -0.4 is 0 Å². The van der Waals surface area contributed by atoms with E-state index in [2.05, 4.69) is 38.5 Å². The lowest BCUT2D eigenvalue weighted by atomic mass is 9.97. The van der Waals surface area contributed by atoms with Crippen LogP contribution in [0.1, 0.15) is 42.8 Å². The molecule has 142 valence electrons. The average molecular weight is 364 g/mol. The maximum Gasteiger partial charge on any atom is 0.227 e. The fourth-order valence-corrected chi connectivity index (χ4v) is 4.37. The second-order valence-electron chi connectivity index (χ2n) is 7.64. The van der Waals surface area contributed by atoms with Crippen molar-refractivity contribution in [2.45, 2.75) is 58.5 Å². The van der Waals surface area contributed by atoms with Crippen LogP contribution in [0.5, 0.6) is 0 Å². The SMILES string of the molecule is Cc1[nH]c2ccccc2c1CC(=O)N1CCCC[C@@H]1CCn1ccnc1C. The van der Waals surface area contributed by atoms with Crippen LogP contribution in [0.4, 0.5) is 0 Å². The molecular formula is C22H28N4O. The number of carbonyl (C=O) groups is 1. The van der Waals surface area contributed by atoms with Gasteiger partial charge in [0.1, 0.15) is 5.82 Å². The Bertz CT molecular complexity index is 939. The van der Waals surface area contributed by atoms with E-state index in [4.69, 9.17) is 0 Å². The molecule has 1 N–H and O–H groups in total. The number of aromatic nitrogens is 3. The number of aryl methyl sites for hydroxylation is 3. The molecule has 0 radical (unpaired) electrons. The Morgan fingerprint density at radius 1 is 1.26 bits per heavy atom. The molecule has 2 aromatic heterocycles. The Morgan fingerprint density at radius 2 is 2.11 bits per heavy atom. The number of hydrogen-bond donors (Lipinski definition) is 1. The molecule has 0 unspecified atom stereocenters. The third kappa shape index (κ3) is 3.64. The summed E-state index contributed by atoms with van der Waals surface area (Å²) in [4.78, 5) is 23.0. The Balaban J connectivity index is 1.48. The van der Waals surface area contributed by atoms with E-state index >= 15 is 0 Å². The number of benzene rings is 1. The molecule has 0 spiro atoms. The molecular weight excluding hydrogens is 336 g/mol. The number of piperidine rings is 1. The number of hydrogen-bond acceptors (Lipinski definition) is 2. The van der Waals surface area contributed by atoms with Gasteiger partial charge in [0.25, 0.3) is 0 Å². The van der Waals surface area contributed by atoms with Gasteiger partial charge < -0.3 is 14.5 Å². The molecule has 1 aliphatic heterocycles. The standard InChI is InChI=1S/C22H28N4O/c1-16-20(19-8-3-4-9-21(19)24-16)15-22(27)26-12-6-5-7-18(26)10-13-25-14-11-23-17(25)2/h3-4,8-9,11,14,18,24H,5-7,10,12-13,15H2,1-2H3/t18-/m1/s1. The molecule has 5 nitrogen and oxygen atoms in total. The molecule has 1 amide bonds. The number of nitrogens with zero attached hydrogens (tertiary/aromatic N) is 3. The van der Waals surface area contributed by atoms with E-state index in [1.165, 1.54) is 11.8 Å². The Labute approximate surface area is 160 Å². The Kier molecular flexibility index (Phi) is 5.01. The van der Waals surface area contributed by atoms with Crippen molar-refractivity contribution in [3.05, 3.63) is 53.7 Å². The smallest absolute Gasteiger partial charge is 0.227 e. The summed E-state index contributed by atoms with van der Waals surface area (Å²) >= 11 is 0. The van der Waals surface area contributed by atoms with E-state index in [1.807, 2.05) is 31.5 Å². The molecule has 1 atom stereocenters. The van der Waals surface area contributed by atoms with E-state index in [0.29, 0.717) is 12.5 Å². The summed E-state index contributed by atoms with van der Waals surface area (Å²) in [7, 11) is 0. The zero-order chi connectivity index (χ0) is 18.8. The minimum atomic E-state index is 0.259. The number of carbonyl (C=O) groups excluding carboxylic acids is 1. The minimum Gasteiger partial charge on any atom is -0.358 e. The number of H-pyrrole nitrogens is 1. The summed E-state index contributed by atoms with van der Waals surface area (Å²) in [5.74, 6) is 1.30. The second-order valence-corrected chi connectivity index (χ2v) is 7.64. The van der Waals surface area contributed by atoms with Gasteiger partial charge in [0.15, 0.2) is 0 Å². The summed E-state index contributed by atoms with van der Waals surface area (Å²) < 4.78 is 2.18. The number of fused-ring (bicyclic) bond motifs is 1. The lowest BCUT2D eigenvalue weighted by Gasteiger charge is -2.36. The minimum absolute atomic E-state index is 0.259. The van der Waals surface area contributed by atoms with E-state index < -0.39 is 0 Å². The van der Waals surface area contributed by atoms with E-state index in [0.717, 1.165) is 55.0 Å². The molecule has 1 fully saturated rings. The van der Waals surface area contributed by atoms with Crippen LogP contribution in [0.15, 0.2) is 36.7 Å². The predicted octanol–water partition coefficient (Wildman–Crippen LogP) is 4.00. The molecule has 0 saturated carbocycles. The quantitative estimate of drug-likeness (QED) is 0.744. The van der Waals surface area contributed by atoms with Gasteiger partial charge in [-0.2, -0.15) is 0 Å². The average Bonchev–Trinajstić information content (AvgIpc) is 3.23. The van der Waals surface area contributed by atoms with Gasteiger partial charge in [0.05, 0.1) is 6.42 Å². The van der Waals surface area contributed by atoms with Gasteiger partial charge in [-0.3, -0.25) is 4.79 Å². The number of para-hydroxylation sites is 1. The van der Waals surface area contributed by atoms with Crippen LogP contribution in [-0.4, -0.2) is 37.9 Å². The van der Waals surface area contributed by atoms with Crippen molar-refractivity contribution >= 4 is 16.8 Å². The molecule has 5 heteroatoms. The van der Waals surface area contributed by atoms with Gasteiger partial charge in [-0.1, -0.05) is 18.2 Å². The molecule has 3 heterocycles. The van der Waals surface area contributed by atoms with Gasteiger partial charge in [0.2, 0.25) is 5.91 Å². The van der Waals surface area contributed by atoms with Crippen molar-refractivity contribution in [2.24, 2.45) is 0 Å². The van der Waals surface area contributed by atoms with Crippen LogP contribution in [0.25, 0.3) is 10.9 Å². The number of amides is 1. The van der Waals surface area contributed by atoms with Gasteiger partial charge in [-0.05, 0) is 51.2 Å². The van der Waals surface area contributed by atoms with Gasteiger partial charge >= 0.3 is 0 Å². The highest BCUT2D eigenvalue weighted by atomic mass is 16.2. The number of imidazole rings is 1. The van der Waals surface area contributed by atoms with Crippen molar-refractivity contribution in [1.82, 2.24) is 19.4 Å². The molecule has 1 aliphatic rings. The summed E-state index contributed by atoms with van der Waals surface area (Å²) in [6, 6.07) is 8.59. The third-order valence-corrected chi connectivity index (χ3v) is 5.93. The van der Waals surface area contributed by atoms with Crippen molar-refractivity contribution in [3.63, 3.8) is 0 Å². The maximum atomic E-state index is 13.2. The fourth-order valence-electron chi connectivity index (χ4n) is 4.37. The third-order valence-electron chi connectivity index (χ3n) is 5.93. The maximum absolute atomic E-state index is 13.2. The monoisotopic (exact) mass is 364 g/mol. The number of nitrogens with one attached hydrogen (secondary N) is 1. The zero-order valence-electron chi connectivity index (χ0n) is 16.2. The second kappa shape index (κ2) is 7.59. The van der Waals surface area contributed by atoms with Gasteiger partial charge in [0, 0.05) is 48.1 Å². The fraction of sp³-hybridized carbons (Fsp3) is 0.455. The molecule has 1 saturated heterocycles. The van der Waals surface area contributed by atoms with Crippen LogP contribution in [0.3, 0.4) is 0 Å². The topological polar surface area (TPSA) is 53.9 Å². The lowest BCUT2D eigenvalue weighted by molar-refractivity contribution is -0.134. The highest BCUT2D eigenvalue weighted by molar-refractivity contribution is 5.90. The summed E-state index contributed by atoms with van der Waals surface area (Å²) in [6.07, 6.45) is 8.78. The molecule has 0 aliphatic carbocycles. The van der Waals surface area contributed by atoms with Crippen LogP contribution >= 0.6 is 0 Å². The summed E-state index contributed by atoms with van der Waals surface area (Å²) in [6.45, 7) is 5.90. The number of aromatic amines is 1. The molecule has 3 aromatic rings. The first-order valence-electron chi connectivity index (χ1n) is 9.97. The van der Waals surface area contributed by atoms with Crippen LogP contribution in [0.2, 0.25) is 0 Å².